The van der Waals surface area contributed by atoms with Crippen molar-refractivity contribution in [3.63, 3.8) is 0 Å². The van der Waals surface area contributed by atoms with Crippen LogP contribution in [0.15, 0.2) is 48.7 Å². The smallest absolute Gasteiger partial charge is 0.274 e. The number of halogens is 5. The fourth-order valence-electron chi connectivity index (χ4n) is 2.21. The normalized spacial score (nSPS) is 10.6. The summed E-state index contributed by atoms with van der Waals surface area (Å²) in [7, 11) is 0. The average Bonchev–Trinajstić information content (AvgIpc) is 2.65. The quantitative estimate of drug-likeness (QED) is 0.507. The van der Waals surface area contributed by atoms with Gasteiger partial charge in [0, 0.05) is 11.9 Å². The molecule has 27 heavy (non-hydrogen) atoms. The SMILES string of the molecule is O=C(Nc1c(F)cccc1F)c1cc(Nc2ccc(F)c(F)c2F)ccn1. The van der Waals surface area contributed by atoms with Crippen molar-refractivity contribution < 1.29 is 26.7 Å². The van der Waals surface area contributed by atoms with Gasteiger partial charge in [-0.15, -0.1) is 0 Å². The van der Waals surface area contributed by atoms with Crippen molar-refractivity contribution in [3.05, 3.63) is 83.4 Å². The molecule has 0 aliphatic carbocycles. The monoisotopic (exact) mass is 379 g/mol. The van der Waals surface area contributed by atoms with Gasteiger partial charge in [-0.2, -0.15) is 0 Å². The third-order valence-corrected chi connectivity index (χ3v) is 3.51. The number of nitrogens with zero attached hydrogens (tertiary/aromatic N) is 1. The van der Waals surface area contributed by atoms with Gasteiger partial charge in [0.05, 0.1) is 5.69 Å². The van der Waals surface area contributed by atoms with Gasteiger partial charge in [0.25, 0.3) is 5.91 Å². The summed E-state index contributed by atoms with van der Waals surface area (Å²) in [5.74, 6) is -7.30. The number of pyridine rings is 1. The second kappa shape index (κ2) is 7.40. The van der Waals surface area contributed by atoms with Crippen molar-refractivity contribution in [2.75, 3.05) is 10.6 Å². The topological polar surface area (TPSA) is 54.0 Å². The van der Waals surface area contributed by atoms with Gasteiger partial charge in [0.1, 0.15) is 23.0 Å². The maximum absolute atomic E-state index is 13.7. The molecule has 0 atom stereocenters. The summed E-state index contributed by atoms with van der Waals surface area (Å²) in [6.07, 6.45) is 1.17. The average molecular weight is 379 g/mol. The fraction of sp³-hybridized carbons (Fsp3) is 0. The Morgan fingerprint density at radius 1 is 0.852 bits per heavy atom. The predicted molar refractivity (Wildman–Crippen MR) is 88.1 cm³/mol. The van der Waals surface area contributed by atoms with Crippen molar-refractivity contribution in [2.45, 2.75) is 0 Å². The number of para-hydroxylation sites is 1. The van der Waals surface area contributed by atoms with E-state index in [1.54, 1.807) is 0 Å². The number of anilines is 3. The van der Waals surface area contributed by atoms with Crippen LogP contribution >= 0.6 is 0 Å². The molecule has 0 saturated carbocycles. The molecule has 1 heterocycles. The molecule has 0 saturated heterocycles. The van der Waals surface area contributed by atoms with E-state index in [1.165, 1.54) is 12.3 Å². The van der Waals surface area contributed by atoms with Crippen molar-refractivity contribution in [1.82, 2.24) is 4.98 Å². The van der Waals surface area contributed by atoms with Gasteiger partial charge in [-0.05, 0) is 36.4 Å². The maximum atomic E-state index is 13.7. The van der Waals surface area contributed by atoms with E-state index in [0.29, 0.717) is 0 Å². The molecule has 0 fully saturated rings. The highest BCUT2D eigenvalue weighted by Gasteiger charge is 2.16. The number of carbonyl (C=O) groups is 1. The van der Waals surface area contributed by atoms with Crippen LogP contribution in [0.2, 0.25) is 0 Å². The minimum atomic E-state index is -1.65. The van der Waals surface area contributed by atoms with Gasteiger partial charge in [-0.1, -0.05) is 6.07 Å². The number of hydrogen-bond donors (Lipinski definition) is 2. The molecule has 3 rings (SSSR count). The molecule has 3 aromatic rings. The van der Waals surface area contributed by atoms with E-state index in [0.717, 1.165) is 36.4 Å². The van der Waals surface area contributed by atoms with Gasteiger partial charge >= 0.3 is 0 Å². The minimum Gasteiger partial charge on any atom is -0.353 e. The number of aromatic nitrogens is 1. The molecule has 0 aliphatic rings. The first kappa shape index (κ1) is 18.3. The van der Waals surface area contributed by atoms with Crippen LogP contribution in [0.1, 0.15) is 10.5 Å². The van der Waals surface area contributed by atoms with Gasteiger partial charge in [-0.25, -0.2) is 22.0 Å². The summed E-state index contributed by atoms with van der Waals surface area (Å²) in [6, 6.07) is 7.26. The lowest BCUT2D eigenvalue weighted by Gasteiger charge is -2.10. The van der Waals surface area contributed by atoms with Crippen molar-refractivity contribution >= 4 is 23.0 Å². The summed E-state index contributed by atoms with van der Waals surface area (Å²) in [5, 5.41) is 4.52. The number of amides is 1. The van der Waals surface area contributed by atoms with E-state index >= 15 is 0 Å². The molecular weight excluding hydrogens is 369 g/mol. The summed E-state index contributed by atoms with van der Waals surface area (Å²) >= 11 is 0. The fourth-order valence-corrected chi connectivity index (χ4v) is 2.21. The number of benzene rings is 2. The molecule has 0 radical (unpaired) electrons. The highest BCUT2D eigenvalue weighted by Crippen LogP contribution is 2.24. The summed E-state index contributed by atoms with van der Waals surface area (Å²) in [4.78, 5) is 15.9. The number of rotatable bonds is 4. The molecule has 4 nitrogen and oxygen atoms in total. The molecule has 1 amide bonds. The summed E-state index contributed by atoms with van der Waals surface area (Å²) in [6.45, 7) is 0. The Balaban J connectivity index is 1.83. The van der Waals surface area contributed by atoms with E-state index < -0.39 is 40.7 Å². The van der Waals surface area contributed by atoms with Crippen molar-refractivity contribution in [2.24, 2.45) is 0 Å². The summed E-state index contributed by atoms with van der Waals surface area (Å²) < 4.78 is 67.2. The van der Waals surface area contributed by atoms with Crippen molar-refractivity contribution in [1.29, 1.82) is 0 Å². The molecule has 1 aromatic heterocycles. The first-order valence-corrected chi connectivity index (χ1v) is 7.48. The maximum Gasteiger partial charge on any atom is 0.274 e. The number of carbonyl (C=O) groups excluding carboxylic acids is 1. The zero-order valence-electron chi connectivity index (χ0n) is 13.4. The third-order valence-electron chi connectivity index (χ3n) is 3.51. The second-order valence-electron chi connectivity index (χ2n) is 5.33. The van der Waals surface area contributed by atoms with Gasteiger partial charge < -0.3 is 10.6 Å². The van der Waals surface area contributed by atoms with E-state index in [4.69, 9.17) is 0 Å². The standard InChI is InChI=1S/C18H10F5N3O/c19-10-4-5-13(16(23)15(10)22)25-9-6-7-24-14(8-9)18(27)26-17-11(20)2-1-3-12(17)21/h1-8H,(H,24,25)(H,26,27). The van der Waals surface area contributed by atoms with Gasteiger partial charge in [0.15, 0.2) is 17.5 Å². The molecule has 138 valence electrons. The van der Waals surface area contributed by atoms with E-state index in [-0.39, 0.29) is 17.1 Å². The first-order chi connectivity index (χ1) is 12.9. The molecule has 2 N–H and O–H groups in total. The lowest BCUT2D eigenvalue weighted by Crippen LogP contribution is -2.16. The Kier molecular flexibility index (Phi) is 5.02. The third kappa shape index (κ3) is 3.86. The predicted octanol–water partition coefficient (Wildman–Crippen LogP) is 4.77. The van der Waals surface area contributed by atoms with Gasteiger partial charge in [0.2, 0.25) is 0 Å². The van der Waals surface area contributed by atoms with Crippen LogP contribution in [-0.2, 0) is 0 Å². The van der Waals surface area contributed by atoms with Crippen LogP contribution in [0.5, 0.6) is 0 Å². The van der Waals surface area contributed by atoms with E-state index in [9.17, 15) is 26.7 Å². The van der Waals surface area contributed by atoms with Crippen LogP contribution in [-0.4, -0.2) is 10.9 Å². The Morgan fingerprint density at radius 3 is 2.26 bits per heavy atom. The Bertz CT molecular complexity index is 1010. The minimum absolute atomic E-state index is 0.120. The van der Waals surface area contributed by atoms with E-state index in [1.807, 2.05) is 0 Å². The molecular formula is C18H10F5N3O. The van der Waals surface area contributed by atoms with Gasteiger partial charge in [-0.3, -0.25) is 9.78 Å². The Hall–Kier alpha value is -3.49. The number of nitrogens with one attached hydrogen (secondary N) is 2. The van der Waals surface area contributed by atoms with Crippen LogP contribution in [0.25, 0.3) is 0 Å². The van der Waals surface area contributed by atoms with Crippen LogP contribution in [0, 0.1) is 29.1 Å². The first-order valence-electron chi connectivity index (χ1n) is 7.48. The van der Waals surface area contributed by atoms with Crippen LogP contribution in [0.4, 0.5) is 39.0 Å². The zero-order chi connectivity index (χ0) is 19.6. The Morgan fingerprint density at radius 2 is 1.56 bits per heavy atom. The highest BCUT2D eigenvalue weighted by atomic mass is 19.2. The summed E-state index contributed by atoms with van der Waals surface area (Å²) in [5.41, 5.74) is -1.14. The molecule has 0 spiro atoms. The van der Waals surface area contributed by atoms with Crippen molar-refractivity contribution in [3.8, 4) is 0 Å². The molecule has 2 aromatic carbocycles. The van der Waals surface area contributed by atoms with Crippen LogP contribution < -0.4 is 10.6 Å². The van der Waals surface area contributed by atoms with Crippen LogP contribution in [0.3, 0.4) is 0 Å². The molecule has 0 aliphatic heterocycles. The molecule has 0 unspecified atom stereocenters. The highest BCUT2D eigenvalue weighted by molar-refractivity contribution is 6.03. The second-order valence-corrected chi connectivity index (χ2v) is 5.33. The lowest BCUT2D eigenvalue weighted by molar-refractivity contribution is 0.102. The molecule has 9 heteroatoms. The zero-order valence-corrected chi connectivity index (χ0v) is 13.4. The van der Waals surface area contributed by atoms with E-state index in [2.05, 4.69) is 15.6 Å². The Labute approximate surface area is 149 Å². The molecule has 0 bridgehead atoms. The lowest BCUT2D eigenvalue weighted by atomic mass is 10.2. The largest absolute Gasteiger partial charge is 0.353 e. The number of hydrogen-bond acceptors (Lipinski definition) is 3.